The topological polar surface area (TPSA) is 49.3 Å². The molecule has 0 aliphatic rings. The Balaban J connectivity index is 2.80. The van der Waals surface area contributed by atoms with Gasteiger partial charge in [0, 0.05) is 11.1 Å². The van der Waals surface area contributed by atoms with Crippen molar-refractivity contribution in [3.63, 3.8) is 0 Å². The van der Waals surface area contributed by atoms with Crippen molar-refractivity contribution < 1.29 is 9.90 Å². The Morgan fingerprint density at radius 2 is 2.12 bits per heavy atom. The molecule has 3 nitrogen and oxygen atoms in total. The highest BCUT2D eigenvalue weighted by Crippen LogP contribution is 2.19. The summed E-state index contributed by atoms with van der Waals surface area (Å²) in [5.41, 5.74) is 0.0173. The lowest BCUT2D eigenvalue weighted by Gasteiger charge is -2.26. The van der Waals surface area contributed by atoms with Gasteiger partial charge in [-0.1, -0.05) is 23.7 Å². The molecule has 1 aromatic carbocycles. The largest absolute Gasteiger partial charge is 0.480 e. The van der Waals surface area contributed by atoms with Crippen molar-refractivity contribution in [3.8, 4) is 0 Å². The van der Waals surface area contributed by atoms with Crippen molar-refractivity contribution >= 4 is 17.6 Å². The van der Waals surface area contributed by atoms with E-state index < -0.39 is 11.5 Å². The second-order valence-electron chi connectivity index (χ2n) is 4.35. The van der Waals surface area contributed by atoms with Crippen LogP contribution in [0.1, 0.15) is 32.4 Å². The van der Waals surface area contributed by atoms with E-state index in [1.165, 1.54) is 0 Å². The van der Waals surface area contributed by atoms with Crippen LogP contribution in [0, 0.1) is 0 Å². The summed E-state index contributed by atoms with van der Waals surface area (Å²) in [5.74, 6) is -0.874. The van der Waals surface area contributed by atoms with E-state index in [1.807, 2.05) is 25.1 Å². The number of nitrogens with one attached hydrogen (secondary N) is 1. The lowest BCUT2D eigenvalue weighted by atomic mass is 10.0. The van der Waals surface area contributed by atoms with Crippen LogP contribution in [-0.4, -0.2) is 16.6 Å². The summed E-state index contributed by atoms with van der Waals surface area (Å²) in [6.07, 6.45) is 0. The summed E-state index contributed by atoms with van der Waals surface area (Å²) >= 11 is 5.88. The van der Waals surface area contributed by atoms with E-state index in [1.54, 1.807) is 19.9 Å². The highest BCUT2D eigenvalue weighted by molar-refractivity contribution is 6.30. The first kappa shape index (κ1) is 13.0. The Morgan fingerprint density at radius 3 is 2.62 bits per heavy atom. The molecule has 88 valence electrons. The predicted molar refractivity (Wildman–Crippen MR) is 64.7 cm³/mol. The summed E-state index contributed by atoms with van der Waals surface area (Å²) in [6, 6.07) is 7.33. The summed E-state index contributed by atoms with van der Waals surface area (Å²) < 4.78 is 0. The molecule has 0 saturated carbocycles. The van der Waals surface area contributed by atoms with Crippen molar-refractivity contribution in [2.45, 2.75) is 32.4 Å². The van der Waals surface area contributed by atoms with E-state index in [0.29, 0.717) is 5.02 Å². The first-order valence-electron chi connectivity index (χ1n) is 5.09. The molecule has 0 bridgehead atoms. The summed E-state index contributed by atoms with van der Waals surface area (Å²) in [7, 11) is 0. The number of hydrogen-bond donors (Lipinski definition) is 2. The normalized spacial score (nSPS) is 13.5. The number of aliphatic carboxylic acids is 1. The monoisotopic (exact) mass is 241 g/mol. The zero-order valence-corrected chi connectivity index (χ0v) is 10.4. The molecule has 0 amide bonds. The van der Waals surface area contributed by atoms with Gasteiger partial charge in [-0.15, -0.1) is 0 Å². The van der Waals surface area contributed by atoms with Gasteiger partial charge in [0.2, 0.25) is 0 Å². The van der Waals surface area contributed by atoms with Gasteiger partial charge >= 0.3 is 5.97 Å². The fourth-order valence-electron chi connectivity index (χ4n) is 1.46. The average molecular weight is 242 g/mol. The first-order valence-corrected chi connectivity index (χ1v) is 5.47. The van der Waals surface area contributed by atoms with Gasteiger partial charge in [0.25, 0.3) is 0 Å². The Bertz CT molecular complexity index is 390. The molecule has 4 heteroatoms. The Labute approximate surface area is 100 Å². The second-order valence-corrected chi connectivity index (χ2v) is 4.79. The third kappa shape index (κ3) is 3.22. The maximum absolute atomic E-state index is 11.0. The lowest BCUT2D eigenvalue weighted by molar-refractivity contribution is -0.143. The highest BCUT2D eigenvalue weighted by atomic mass is 35.5. The van der Waals surface area contributed by atoms with E-state index in [9.17, 15) is 4.79 Å². The molecular weight excluding hydrogens is 226 g/mol. The number of carboxylic acids is 1. The molecular formula is C12H16ClNO2. The highest BCUT2D eigenvalue weighted by Gasteiger charge is 2.28. The van der Waals surface area contributed by atoms with Crippen LogP contribution in [0.2, 0.25) is 5.02 Å². The SMILES string of the molecule is CC(NC(C)(C)C(=O)O)c1cccc(Cl)c1. The van der Waals surface area contributed by atoms with Crippen LogP contribution in [0.5, 0.6) is 0 Å². The van der Waals surface area contributed by atoms with Gasteiger partial charge in [-0.25, -0.2) is 0 Å². The molecule has 0 radical (unpaired) electrons. The second kappa shape index (κ2) is 4.85. The summed E-state index contributed by atoms with van der Waals surface area (Å²) in [5, 5.41) is 12.7. The molecule has 1 atom stereocenters. The number of halogens is 1. The molecule has 0 heterocycles. The predicted octanol–water partition coefficient (Wildman–Crippen LogP) is 2.85. The molecule has 0 fully saturated rings. The molecule has 0 saturated heterocycles. The van der Waals surface area contributed by atoms with Crippen LogP contribution in [0.15, 0.2) is 24.3 Å². The standard InChI is InChI=1S/C12H16ClNO2/c1-8(14-12(2,3)11(15)16)9-5-4-6-10(13)7-9/h4-8,14H,1-3H3,(H,15,16). The van der Waals surface area contributed by atoms with Crippen molar-refractivity contribution in [2.24, 2.45) is 0 Å². The van der Waals surface area contributed by atoms with Gasteiger partial charge < -0.3 is 5.11 Å². The van der Waals surface area contributed by atoms with Gasteiger partial charge in [-0.3, -0.25) is 10.1 Å². The maximum atomic E-state index is 11.0. The van der Waals surface area contributed by atoms with Crippen LogP contribution in [0.25, 0.3) is 0 Å². The zero-order chi connectivity index (χ0) is 12.3. The number of carbonyl (C=O) groups is 1. The molecule has 1 unspecified atom stereocenters. The molecule has 2 N–H and O–H groups in total. The van der Waals surface area contributed by atoms with Gasteiger partial charge in [-0.2, -0.15) is 0 Å². The van der Waals surface area contributed by atoms with Crippen LogP contribution in [0.4, 0.5) is 0 Å². The minimum absolute atomic E-state index is 0.0650. The molecule has 0 aliphatic heterocycles. The quantitative estimate of drug-likeness (QED) is 0.852. The molecule has 0 spiro atoms. The Hall–Kier alpha value is -1.06. The fourth-order valence-corrected chi connectivity index (χ4v) is 1.66. The van der Waals surface area contributed by atoms with Crippen molar-refractivity contribution in [3.05, 3.63) is 34.9 Å². The van der Waals surface area contributed by atoms with E-state index in [0.717, 1.165) is 5.56 Å². The smallest absolute Gasteiger partial charge is 0.323 e. The van der Waals surface area contributed by atoms with Crippen LogP contribution in [0.3, 0.4) is 0 Å². The Kier molecular flexibility index (Phi) is 3.94. The Morgan fingerprint density at radius 1 is 1.50 bits per heavy atom. The van der Waals surface area contributed by atoms with Crippen molar-refractivity contribution in [1.29, 1.82) is 0 Å². The number of rotatable bonds is 4. The van der Waals surface area contributed by atoms with Gasteiger partial charge in [-0.05, 0) is 38.5 Å². The molecule has 1 rings (SSSR count). The third-order valence-electron chi connectivity index (χ3n) is 2.46. The van der Waals surface area contributed by atoms with E-state index in [-0.39, 0.29) is 6.04 Å². The number of hydrogen-bond acceptors (Lipinski definition) is 2. The van der Waals surface area contributed by atoms with E-state index in [4.69, 9.17) is 16.7 Å². The van der Waals surface area contributed by atoms with Gasteiger partial charge in [0.05, 0.1) is 0 Å². The van der Waals surface area contributed by atoms with Crippen LogP contribution in [-0.2, 0) is 4.79 Å². The van der Waals surface area contributed by atoms with Crippen molar-refractivity contribution in [2.75, 3.05) is 0 Å². The van der Waals surface area contributed by atoms with Gasteiger partial charge in [0.1, 0.15) is 5.54 Å². The summed E-state index contributed by atoms with van der Waals surface area (Å²) in [4.78, 5) is 11.0. The number of benzene rings is 1. The van der Waals surface area contributed by atoms with Crippen LogP contribution >= 0.6 is 11.6 Å². The zero-order valence-electron chi connectivity index (χ0n) is 9.62. The minimum Gasteiger partial charge on any atom is -0.480 e. The fraction of sp³-hybridized carbons (Fsp3) is 0.417. The van der Waals surface area contributed by atoms with E-state index in [2.05, 4.69) is 5.32 Å². The maximum Gasteiger partial charge on any atom is 0.323 e. The average Bonchev–Trinajstić information content (AvgIpc) is 2.16. The van der Waals surface area contributed by atoms with E-state index >= 15 is 0 Å². The molecule has 1 aromatic rings. The van der Waals surface area contributed by atoms with Gasteiger partial charge in [0.15, 0.2) is 0 Å². The third-order valence-corrected chi connectivity index (χ3v) is 2.70. The minimum atomic E-state index is -0.957. The number of carboxylic acid groups (broad SMARTS) is 1. The first-order chi connectivity index (χ1) is 7.33. The molecule has 0 aliphatic carbocycles. The molecule has 0 aromatic heterocycles. The van der Waals surface area contributed by atoms with Crippen molar-refractivity contribution in [1.82, 2.24) is 5.32 Å². The van der Waals surface area contributed by atoms with Crippen LogP contribution < -0.4 is 5.32 Å². The lowest BCUT2D eigenvalue weighted by Crippen LogP contribution is -2.47. The summed E-state index contributed by atoms with van der Waals surface area (Å²) in [6.45, 7) is 5.18. The molecule has 16 heavy (non-hydrogen) atoms.